The molecule has 0 atom stereocenters. The van der Waals surface area contributed by atoms with Gasteiger partial charge in [0.1, 0.15) is 0 Å². The number of hydrogen-bond donors (Lipinski definition) is 2. The van der Waals surface area contributed by atoms with E-state index in [1.165, 1.54) is 0 Å². The minimum absolute atomic E-state index is 0.421. The molecule has 1 rings (SSSR count). The van der Waals surface area contributed by atoms with Crippen molar-refractivity contribution in [2.24, 2.45) is 0 Å². The molecule has 0 heterocycles. The highest BCUT2D eigenvalue weighted by molar-refractivity contribution is 9.10. The van der Waals surface area contributed by atoms with Crippen molar-refractivity contribution in [2.45, 2.75) is 31.8 Å². The highest BCUT2D eigenvalue weighted by atomic mass is 79.9. The summed E-state index contributed by atoms with van der Waals surface area (Å²) in [6.07, 6.45) is 0.842. The van der Waals surface area contributed by atoms with Crippen LogP contribution >= 0.6 is 23.5 Å². The van der Waals surface area contributed by atoms with Gasteiger partial charge in [0.2, 0.25) is 0 Å². The smallest absolute Gasteiger partial charge is 0.324 e. The van der Waals surface area contributed by atoms with E-state index >= 15 is 0 Å². The average molecular weight is 307 g/mol. The zero-order valence-corrected chi connectivity index (χ0v) is 11.8. The molecule has 0 bridgehead atoms. The first-order chi connectivity index (χ1) is 7.37. The van der Waals surface area contributed by atoms with E-state index in [0.29, 0.717) is 18.4 Å². The van der Waals surface area contributed by atoms with Crippen LogP contribution in [0, 0.1) is 0 Å². The Morgan fingerprint density at radius 3 is 2.25 bits per heavy atom. The molecule has 0 radical (unpaired) electrons. The van der Waals surface area contributed by atoms with Crippen LogP contribution in [0.1, 0.15) is 32.3 Å². The minimum atomic E-state index is -4.17. The van der Waals surface area contributed by atoms with Gasteiger partial charge < -0.3 is 9.79 Å². The molecule has 0 fully saturated rings. The fourth-order valence-corrected chi connectivity index (χ4v) is 3.71. The number of halogens is 1. The van der Waals surface area contributed by atoms with Crippen LogP contribution in [-0.4, -0.2) is 9.79 Å². The van der Waals surface area contributed by atoms with Gasteiger partial charge in [0.25, 0.3) is 0 Å². The maximum absolute atomic E-state index is 11.7. The van der Waals surface area contributed by atoms with Crippen molar-refractivity contribution in [3.05, 3.63) is 34.3 Å². The lowest BCUT2D eigenvalue weighted by Gasteiger charge is -2.32. The van der Waals surface area contributed by atoms with Gasteiger partial charge in [0, 0.05) is 4.47 Å². The Labute approximate surface area is 104 Å². The standard InChI is InChI=1S/C11H16BrO3P/c1-3-11(4-2,16(13,14)15)9-6-5-7-10(12)8-9/h5-8H,3-4H2,1-2H3,(H2,13,14,15). The molecule has 0 saturated heterocycles. The van der Waals surface area contributed by atoms with E-state index in [1.807, 2.05) is 19.9 Å². The number of rotatable bonds is 4. The lowest BCUT2D eigenvalue weighted by molar-refractivity contribution is 0.315. The average Bonchev–Trinajstić information content (AvgIpc) is 2.18. The summed E-state index contributed by atoms with van der Waals surface area (Å²) in [6.45, 7) is 3.62. The first-order valence-corrected chi connectivity index (χ1v) is 7.59. The van der Waals surface area contributed by atoms with Gasteiger partial charge in [0.15, 0.2) is 0 Å². The summed E-state index contributed by atoms with van der Waals surface area (Å²) < 4.78 is 12.5. The fourth-order valence-electron chi connectivity index (χ4n) is 2.02. The van der Waals surface area contributed by atoms with E-state index in [2.05, 4.69) is 15.9 Å². The summed E-state index contributed by atoms with van der Waals surface area (Å²) >= 11 is 3.33. The van der Waals surface area contributed by atoms with Crippen LogP contribution in [0.2, 0.25) is 0 Å². The maximum Gasteiger partial charge on any atom is 0.335 e. The summed E-state index contributed by atoms with van der Waals surface area (Å²) in [6, 6.07) is 7.21. The van der Waals surface area contributed by atoms with Crippen molar-refractivity contribution < 1.29 is 14.4 Å². The SMILES string of the molecule is CCC(CC)(c1cccc(Br)c1)P(=O)(O)O. The van der Waals surface area contributed by atoms with Crippen molar-refractivity contribution in [3.63, 3.8) is 0 Å². The number of hydrogen-bond acceptors (Lipinski definition) is 1. The molecular weight excluding hydrogens is 291 g/mol. The van der Waals surface area contributed by atoms with Gasteiger partial charge in [-0.15, -0.1) is 0 Å². The Bertz CT molecular complexity index is 409. The molecule has 0 amide bonds. The van der Waals surface area contributed by atoms with Crippen molar-refractivity contribution in [1.82, 2.24) is 0 Å². The third kappa shape index (κ3) is 2.40. The lowest BCUT2D eigenvalue weighted by Crippen LogP contribution is -2.24. The molecule has 1 aromatic rings. The van der Waals surface area contributed by atoms with Gasteiger partial charge >= 0.3 is 7.60 Å². The zero-order valence-electron chi connectivity index (χ0n) is 9.35. The van der Waals surface area contributed by atoms with Crippen molar-refractivity contribution in [2.75, 3.05) is 0 Å². The van der Waals surface area contributed by atoms with Crippen molar-refractivity contribution >= 4 is 23.5 Å². The normalized spacial score (nSPS) is 12.8. The van der Waals surface area contributed by atoms with Gasteiger partial charge in [-0.3, -0.25) is 4.57 Å². The predicted molar refractivity (Wildman–Crippen MR) is 68.4 cm³/mol. The fraction of sp³-hybridized carbons (Fsp3) is 0.455. The van der Waals surface area contributed by atoms with E-state index in [-0.39, 0.29) is 0 Å². The summed E-state index contributed by atoms with van der Waals surface area (Å²) in [5.74, 6) is 0. The first kappa shape index (κ1) is 13.9. The van der Waals surface area contributed by atoms with Crippen LogP contribution in [0.5, 0.6) is 0 Å². The molecule has 3 nitrogen and oxygen atoms in total. The summed E-state index contributed by atoms with van der Waals surface area (Å²) in [7, 11) is -4.17. The molecule has 0 aliphatic heterocycles. The van der Waals surface area contributed by atoms with Gasteiger partial charge in [-0.1, -0.05) is 41.9 Å². The molecule has 0 aliphatic rings. The molecule has 0 saturated carbocycles. The van der Waals surface area contributed by atoms with Gasteiger partial charge in [0.05, 0.1) is 5.16 Å². The van der Waals surface area contributed by atoms with E-state index in [9.17, 15) is 14.4 Å². The Morgan fingerprint density at radius 2 is 1.88 bits per heavy atom. The molecule has 0 spiro atoms. The first-order valence-electron chi connectivity index (χ1n) is 5.19. The zero-order chi connectivity index (χ0) is 12.4. The van der Waals surface area contributed by atoms with Crippen molar-refractivity contribution in [3.8, 4) is 0 Å². The Hall–Kier alpha value is -0.150. The summed E-state index contributed by atoms with van der Waals surface area (Å²) in [4.78, 5) is 19.1. The van der Waals surface area contributed by atoms with Crippen molar-refractivity contribution in [1.29, 1.82) is 0 Å². The largest absolute Gasteiger partial charge is 0.335 e. The van der Waals surface area contributed by atoms with E-state index in [0.717, 1.165) is 4.47 Å². The van der Waals surface area contributed by atoms with Gasteiger partial charge in [-0.05, 0) is 30.5 Å². The monoisotopic (exact) mass is 306 g/mol. The Balaban J connectivity index is 3.38. The van der Waals surface area contributed by atoms with Gasteiger partial charge in [-0.2, -0.15) is 0 Å². The number of benzene rings is 1. The van der Waals surface area contributed by atoms with E-state index in [1.54, 1.807) is 18.2 Å². The Morgan fingerprint density at radius 1 is 1.31 bits per heavy atom. The van der Waals surface area contributed by atoms with Crippen LogP contribution in [-0.2, 0) is 9.72 Å². The molecule has 0 aliphatic carbocycles. The van der Waals surface area contributed by atoms with E-state index < -0.39 is 12.8 Å². The Kier molecular flexibility index (Phi) is 4.35. The lowest BCUT2D eigenvalue weighted by atomic mass is 9.93. The van der Waals surface area contributed by atoms with Gasteiger partial charge in [-0.25, -0.2) is 0 Å². The topological polar surface area (TPSA) is 57.5 Å². The second kappa shape index (κ2) is 5.01. The molecule has 1 aromatic carbocycles. The third-order valence-electron chi connectivity index (χ3n) is 3.09. The highest BCUT2D eigenvalue weighted by Gasteiger charge is 2.45. The molecular formula is C11H16BrO3P. The summed E-state index contributed by atoms with van der Waals surface area (Å²) in [5.41, 5.74) is 0.695. The molecule has 0 aromatic heterocycles. The molecule has 5 heteroatoms. The van der Waals surface area contributed by atoms with Crippen LogP contribution in [0.3, 0.4) is 0 Å². The minimum Gasteiger partial charge on any atom is -0.324 e. The summed E-state index contributed by atoms with van der Waals surface area (Å²) in [5, 5.41) is -1.06. The third-order valence-corrected chi connectivity index (χ3v) is 5.59. The second-order valence-electron chi connectivity index (χ2n) is 3.79. The quantitative estimate of drug-likeness (QED) is 0.835. The van der Waals surface area contributed by atoms with Crippen LogP contribution in [0.15, 0.2) is 28.7 Å². The molecule has 16 heavy (non-hydrogen) atoms. The van der Waals surface area contributed by atoms with Crippen LogP contribution in [0.25, 0.3) is 0 Å². The van der Waals surface area contributed by atoms with Crippen LogP contribution in [0.4, 0.5) is 0 Å². The highest BCUT2D eigenvalue weighted by Crippen LogP contribution is 2.60. The second-order valence-corrected chi connectivity index (χ2v) is 6.65. The molecule has 90 valence electrons. The maximum atomic E-state index is 11.7. The van der Waals surface area contributed by atoms with E-state index in [4.69, 9.17) is 0 Å². The van der Waals surface area contributed by atoms with Crippen LogP contribution < -0.4 is 0 Å². The molecule has 2 N–H and O–H groups in total. The molecule has 0 unspecified atom stereocenters. The predicted octanol–water partition coefficient (Wildman–Crippen LogP) is 3.64.